The minimum absolute atomic E-state index is 0.100. The summed E-state index contributed by atoms with van der Waals surface area (Å²) in [5.41, 5.74) is 2.75. The molecular weight excluding hydrogens is 528 g/mol. The third-order valence-electron chi connectivity index (χ3n) is 9.28. The number of carbonyl (C=O) groups is 1. The normalized spacial score (nSPS) is 31.2. The first kappa shape index (κ1) is 33.2. The van der Waals surface area contributed by atoms with Crippen LogP contribution in [-0.2, 0) is 28.5 Å². The Bertz CT molecular complexity index is 935. The molecule has 3 fully saturated rings. The van der Waals surface area contributed by atoms with Gasteiger partial charge in [0.2, 0.25) is 6.29 Å². The summed E-state index contributed by atoms with van der Waals surface area (Å²) in [6.07, 6.45) is 25.2. The van der Waals surface area contributed by atoms with Gasteiger partial charge >= 0.3 is 5.97 Å². The maximum atomic E-state index is 13.5. The van der Waals surface area contributed by atoms with Gasteiger partial charge in [-0.3, -0.25) is 4.79 Å². The van der Waals surface area contributed by atoms with Crippen molar-refractivity contribution in [1.82, 2.24) is 0 Å². The molecule has 0 amide bonds. The molecule has 0 spiro atoms. The number of rotatable bonds is 15. The molecule has 2 heterocycles. The van der Waals surface area contributed by atoms with E-state index in [1.807, 2.05) is 0 Å². The fraction of sp³-hybridized carbons (Fsp3) is 0.750. The summed E-state index contributed by atoms with van der Waals surface area (Å²) in [5.74, 6) is 1.17. The Hall–Kier alpha value is -1.73. The van der Waals surface area contributed by atoms with Crippen LogP contribution in [0.15, 0.2) is 47.6 Å². The summed E-state index contributed by atoms with van der Waals surface area (Å²) >= 11 is 0. The number of esters is 1. The highest BCUT2D eigenvalue weighted by atomic mass is 16.7. The van der Waals surface area contributed by atoms with Gasteiger partial charge in [0.05, 0.1) is 18.6 Å². The summed E-state index contributed by atoms with van der Waals surface area (Å²) < 4.78 is 29.5. The number of hydrogen-bond donors (Lipinski definition) is 0. The largest absolute Gasteiger partial charge is 0.435 e. The van der Waals surface area contributed by atoms with Crippen LogP contribution >= 0.6 is 0 Å². The average Bonchev–Trinajstić information content (AvgIpc) is 3.51. The molecule has 2 aliphatic heterocycles. The van der Waals surface area contributed by atoms with E-state index in [1.165, 1.54) is 11.1 Å². The third kappa shape index (κ3) is 10.5. The molecule has 236 valence electrons. The molecule has 2 saturated heterocycles. The van der Waals surface area contributed by atoms with Gasteiger partial charge < -0.3 is 23.7 Å². The lowest BCUT2D eigenvalue weighted by Gasteiger charge is -2.29. The highest BCUT2D eigenvalue weighted by Gasteiger charge is 2.45. The van der Waals surface area contributed by atoms with Crippen LogP contribution in [0.1, 0.15) is 97.8 Å². The number of methoxy groups -OCH3 is 1. The van der Waals surface area contributed by atoms with Crippen molar-refractivity contribution < 1.29 is 28.5 Å². The van der Waals surface area contributed by atoms with Gasteiger partial charge in [0.25, 0.3) is 0 Å². The zero-order chi connectivity index (χ0) is 29.7. The highest BCUT2D eigenvalue weighted by Crippen LogP contribution is 2.49. The third-order valence-corrected chi connectivity index (χ3v) is 9.28. The summed E-state index contributed by atoms with van der Waals surface area (Å²) in [7, 11) is 1.75. The minimum Gasteiger partial charge on any atom is -0.435 e. The number of carbonyl (C=O) groups excluding carboxylic acids is 1. The summed E-state index contributed by atoms with van der Waals surface area (Å²) in [6.45, 7) is 8.73. The van der Waals surface area contributed by atoms with Crippen LogP contribution in [0, 0.1) is 29.6 Å². The van der Waals surface area contributed by atoms with Crippen molar-refractivity contribution in [2.75, 3.05) is 26.9 Å². The molecule has 2 unspecified atom stereocenters. The van der Waals surface area contributed by atoms with Crippen LogP contribution < -0.4 is 0 Å². The van der Waals surface area contributed by atoms with Crippen LogP contribution in [0.4, 0.5) is 0 Å². The average molecular weight is 585 g/mol. The second-order valence-electron chi connectivity index (χ2n) is 13.2. The van der Waals surface area contributed by atoms with Gasteiger partial charge in [0, 0.05) is 32.7 Å². The SMILES string of the molecule is COCCC=CC1=C[C@H]2C[C@@H](OC3CCCCO3)[C@@H](/C=C\[C@H](C[C@H](C)CCC=C(C)C)C(=O)OC3CCCCO3)[C@H]2C1. The summed E-state index contributed by atoms with van der Waals surface area (Å²) in [5, 5.41) is 0. The first-order chi connectivity index (χ1) is 20.4. The zero-order valence-corrected chi connectivity index (χ0v) is 26.6. The lowest BCUT2D eigenvalue weighted by molar-refractivity contribution is -0.193. The number of hydrogen-bond acceptors (Lipinski definition) is 6. The molecule has 0 bridgehead atoms. The molecule has 1 saturated carbocycles. The van der Waals surface area contributed by atoms with Crippen LogP contribution in [0.3, 0.4) is 0 Å². The van der Waals surface area contributed by atoms with Crippen molar-refractivity contribution in [2.45, 2.75) is 117 Å². The molecule has 0 N–H and O–H groups in total. The van der Waals surface area contributed by atoms with Gasteiger partial charge in [-0.15, -0.1) is 0 Å². The maximum absolute atomic E-state index is 13.5. The summed E-state index contributed by atoms with van der Waals surface area (Å²) in [6, 6.07) is 0. The molecule has 8 atom stereocenters. The Balaban J connectivity index is 1.48. The second-order valence-corrected chi connectivity index (χ2v) is 13.2. The van der Waals surface area contributed by atoms with Gasteiger partial charge in [-0.25, -0.2) is 0 Å². The maximum Gasteiger partial charge on any atom is 0.315 e. The van der Waals surface area contributed by atoms with Crippen molar-refractivity contribution in [3.05, 3.63) is 47.6 Å². The van der Waals surface area contributed by atoms with E-state index in [-0.39, 0.29) is 30.2 Å². The lowest BCUT2D eigenvalue weighted by Crippen LogP contribution is -2.31. The molecule has 0 aromatic heterocycles. The molecule has 0 aromatic rings. The summed E-state index contributed by atoms with van der Waals surface area (Å²) in [4.78, 5) is 13.5. The topological polar surface area (TPSA) is 63.2 Å². The number of fused-ring (bicyclic) bond motifs is 1. The van der Waals surface area contributed by atoms with E-state index in [2.05, 4.69) is 57.2 Å². The Morgan fingerprint density at radius 3 is 2.52 bits per heavy atom. The standard InChI is InChI=1S/C36H56O6/c1-26(2)12-11-13-27(3)22-29(36(37)42-35-16-7-10-21-40-35)17-18-31-32-24-28(14-5-8-19-38-4)23-30(32)25-33(31)41-34-15-6-9-20-39-34/h5,12,14,17-18,23,27,29-35H,6-11,13,15-16,19-22,24-25H2,1-4H3/b14-5?,18-17-/t27-,29-,30+,31+,32+,33-,34?,35?/m1/s1. The second kappa shape index (κ2) is 17.5. The molecule has 0 aromatic carbocycles. The fourth-order valence-electron chi connectivity index (χ4n) is 6.97. The van der Waals surface area contributed by atoms with E-state index in [0.717, 1.165) is 90.3 Å². The van der Waals surface area contributed by atoms with E-state index in [1.54, 1.807) is 7.11 Å². The van der Waals surface area contributed by atoms with Crippen molar-refractivity contribution in [1.29, 1.82) is 0 Å². The first-order valence-electron chi connectivity index (χ1n) is 16.7. The molecule has 2 aliphatic carbocycles. The number of ether oxygens (including phenoxy) is 5. The van der Waals surface area contributed by atoms with E-state index in [9.17, 15) is 4.79 Å². The Morgan fingerprint density at radius 1 is 1.07 bits per heavy atom. The van der Waals surface area contributed by atoms with Crippen molar-refractivity contribution in [3.8, 4) is 0 Å². The van der Waals surface area contributed by atoms with Crippen LogP contribution in [0.25, 0.3) is 0 Å². The van der Waals surface area contributed by atoms with E-state index < -0.39 is 6.29 Å². The van der Waals surface area contributed by atoms with Crippen LogP contribution in [-0.4, -0.2) is 51.6 Å². The molecule has 6 nitrogen and oxygen atoms in total. The van der Waals surface area contributed by atoms with E-state index >= 15 is 0 Å². The van der Waals surface area contributed by atoms with Crippen molar-refractivity contribution in [3.63, 3.8) is 0 Å². The lowest BCUT2D eigenvalue weighted by atomic mass is 9.86. The Kier molecular flexibility index (Phi) is 13.8. The van der Waals surface area contributed by atoms with Crippen molar-refractivity contribution >= 4 is 5.97 Å². The zero-order valence-electron chi connectivity index (χ0n) is 26.6. The first-order valence-corrected chi connectivity index (χ1v) is 16.7. The quantitative estimate of drug-likeness (QED) is 0.110. The molecule has 4 rings (SSSR count). The monoisotopic (exact) mass is 584 g/mol. The van der Waals surface area contributed by atoms with Crippen molar-refractivity contribution in [2.24, 2.45) is 29.6 Å². The predicted molar refractivity (Wildman–Crippen MR) is 167 cm³/mol. The van der Waals surface area contributed by atoms with Crippen LogP contribution in [0.2, 0.25) is 0 Å². The van der Waals surface area contributed by atoms with E-state index in [0.29, 0.717) is 24.4 Å². The molecule has 4 aliphatic rings. The van der Waals surface area contributed by atoms with Gasteiger partial charge in [0.1, 0.15) is 0 Å². The van der Waals surface area contributed by atoms with E-state index in [4.69, 9.17) is 23.7 Å². The fourth-order valence-corrected chi connectivity index (χ4v) is 6.97. The van der Waals surface area contributed by atoms with Gasteiger partial charge in [0.15, 0.2) is 6.29 Å². The van der Waals surface area contributed by atoms with Crippen LogP contribution in [0.5, 0.6) is 0 Å². The molecule has 42 heavy (non-hydrogen) atoms. The molecule has 6 heteroatoms. The number of allylic oxidation sites excluding steroid dienone is 5. The smallest absolute Gasteiger partial charge is 0.315 e. The minimum atomic E-state index is -0.412. The Labute approximate surface area is 254 Å². The van der Waals surface area contributed by atoms with Gasteiger partial charge in [-0.2, -0.15) is 0 Å². The Morgan fingerprint density at radius 2 is 1.83 bits per heavy atom. The van der Waals surface area contributed by atoms with Gasteiger partial charge in [-0.1, -0.05) is 54.5 Å². The highest BCUT2D eigenvalue weighted by molar-refractivity contribution is 5.74. The van der Waals surface area contributed by atoms with Gasteiger partial charge in [-0.05, 0) is 102 Å². The molecular formula is C36H56O6. The predicted octanol–water partition coefficient (Wildman–Crippen LogP) is 8.09. The molecule has 0 radical (unpaired) electrons.